The number of rotatable bonds is 4. The van der Waals surface area contributed by atoms with Gasteiger partial charge in [-0.25, -0.2) is 0 Å². The molecule has 2 rings (SSSR count). The van der Waals surface area contributed by atoms with Crippen LogP contribution in [0.15, 0.2) is 0 Å². The van der Waals surface area contributed by atoms with Crippen LogP contribution in [0.5, 0.6) is 0 Å². The van der Waals surface area contributed by atoms with Gasteiger partial charge in [-0.05, 0) is 44.1 Å². The minimum Gasteiger partial charge on any atom is -0.343 e. The smallest absolute Gasteiger partial charge is 0.219 e. The van der Waals surface area contributed by atoms with Crippen LogP contribution >= 0.6 is 0 Å². The van der Waals surface area contributed by atoms with Crippen LogP contribution in [0.3, 0.4) is 0 Å². The number of carbonyl (C=O) groups excluding carboxylic acids is 1. The van der Waals surface area contributed by atoms with Crippen LogP contribution in [-0.2, 0) is 4.79 Å². The van der Waals surface area contributed by atoms with Gasteiger partial charge in [0, 0.05) is 33.1 Å². The van der Waals surface area contributed by atoms with Gasteiger partial charge in [-0.15, -0.1) is 0 Å². The summed E-state index contributed by atoms with van der Waals surface area (Å²) < 4.78 is 0. The zero-order valence-corrected chi connectivity index (χ0v) is 12.9. The van der Waals surface area contributed by atoms with E-state index in [4.69, 9.17) is 0 Å². The lowest BCUT2D eigenvalue weighted by molar-refractivity contribution is -0.127. The molecule has 0 aromatic rings. The van der Waals surface area contributed by atoms with E-state index in [1.165, 1.54) is 38.6 Å². The maximum atomic E-state index is 11.3. The Balaban J connectivity index is 1.67. The van der Waals surface area contributed by atoms with Gasteiger partial charge in [-0.1, -0.05) is 19.8 Å². The molecule has 3 nitrogen and oxygen atoms in total. The maximum absolute atomic E-state index is 11.3. The molecule has 19 heavy (non-hydrogen) atoms. The van der Waals surface area contributed by atoms with Crippen molar-refractivity contribution in [3.05, 3.63) is 0 Å². The van der Waals surface area contributed by atoms with Crippen molar-refractivity contribution in [3.63, 3.8) is 0 Å². The zero-order valence-electron chi connectivity index (χ0n) is 12.9. The highest BCUT2D eigenvalue weighted by molar-refractivity contribution is 5.73. The topological polar surface area (TPSA) is 23.6 Å². The summed E-state index contributed by atoms with van der Waals surface area (Å²) in [5, 5.41) is 0. The fourth-order valence-electron chi connectivity index (χ4n) is 3.74. The van der Waals surface area contributed by atoms with Crippen molar-refractivity contribution in [1.82, 2.24) is 9.80 Å². The molecular weight excluding hydrogens is 236 g/mol. The van der Waals surface area contributed by atoms with Gasteiger partial charge in [0.25, 0.3) is 0 Å². The Labute approximate surface area is 118 Å². The van der Waals surface area contributed by atoms with Crippen LogP contribution < -0.4 is 0 Å². The summed E-state index contributed by atoms with van der Waals surface area (Å²) in [7, 11) is 2.26. The number of nitrogens with zero attached hydrogens (tertiary/aromatic N) is 2. The SMILES string of the molecule is CC(=O)N1CCC(CN(C)CC2CCC(C)CC2)C1. The summed E-state index contributed by atoms with van der Waals surface area (Å²) >= 11 is 0. The lowest BCUT2D eigenvalue weighted by Crippen LogP contribution is -2.33. The lowest BCUT2D eigenvalue weighted by Gasteiger charge is -2.30. The van der Waals surface area contributed by atoms with E-state index in [9.17, 15) is 4.79 Å². The Hall–Kier alpha value is -0.570. The number of hydrogen-bond acceptors (Lipinski definition) is 2. The first-order valence-electron chi connectivity index (χ1n) is 7.98. The average Bonchev–Trinajstić information content (AvgIpc) is 2.80. The Kier molecular flexibility index (Phi) is 5.26. The fraction of sp³-hybridized carbons (Fsp3) is 0.938. The number of amides is 1. The largest absolute Gasteiger partial charge is 0.343 e. The molecule has 3 heteroatoms. The summed E-state index contributed by atoms with van der Waals surface area (Å²) in [6, 6.07) is 0. The zero-order chi connectivity index (χ0) is 13.8. The molecule has 2 aliphatic rings. The van der Waals surface area contributed by atoms with Crippen molar-refractivity contribution in [1.29, 1.82) is 0 Å². The molecule has 110 valence electrons. The van der Waals surface area contributed by atoms with Crippen LogP contribution in [0.2, 0.25) is 0 Å². The minimum atomic E-state index is 0.242. The Morgan fingerprint density at radius 1 is 1.11 bits per heavy atom. The third kappa shape index (κ3) is 4.48. The van der Waals surface area contributed by atoms with Crippen molar-refractivity contribution in [2.75, 3.05) is 33.2 Å². The van der Waals surface area contributed by atoms with Gasteiger partial charge in [0.1, 0.15) is 0 Å². The van der Waals surface area contributed by atoms with Crippen LogP contribution in [0.4, 0.5) is 0 Å². The van der Waals surface area contributed by atoms with Crippen LogP contribution in [0.1, 0.15) is 46.0 Å². The van der Waals surface area contributed by atoms with Gasteiger partial charge < -0.3 is 9.80 Å². The number of likely N-dealkylation sites (tertiary alicyclic amines) is 1. The first-order valence-corrected chi connectivity index (χ1v) is 7.98. The van der Waals surface area contributed by atoms with E-state index in [-0.39, 0.29) is 5.91 Å². The number of carbonyl (C=O) groups is 1. The van der Waals surface area contributed by atoms with Crippen molar-refractivity contribution < 1.29 is 4.79 Å². The predicted octanol–water partition coefficient (Wildman–Crippen LogP) is 2.61. The molecule has 0 N–H and O–H groups in total. The van der Waals surface area contributed by atoms with Crippen LogP contribution in [0.25, 0.3) is 0 Å². The molecule has 1 aliphatic carbocycles. The molecule has 1 saturated carbocycles. The average molecular weight is 266 g/mol. The van der Waals surface area contributed by atoms with Crippen molar-refractivity contribution in [2.45, 2.75) is 46.0 Å². The van der Waals surface area contributed by atoms with Gasteiger partial charge in [0.15, 0.2) is 0 Å². The second-order valence-electron chi connectivity index (χ2n) is 6.97. The van der Waals surface area contributed by atoms with E-state index >= 15 is 0 Å². The molecule has 1 atom stereocenters. The highest BCUT2D eigenvalue weighted by Gasteiger charge is 2.26. The molecule has 1 heterocycles. The van der Waals surface area contributed by atoms with Gasteiger partial charge >= 0.3 is 0 Å². The Morgan fingerprint density at radius 3 is 2.32 bits per heavy atom. The third-order valence-electron chi connectivity index (χ3n) is 5.01. The molecular formula is C16H30N2O. The first-order chi connectivity index (χ1) is 9.04. The van der Waals surface area contributed by atoms with Gasteiger partial charge in [-0.2, -0.15) is 0 Å². The summed E-state index contributed by atoms with van der Waals surface area (Å²) in [6.45, 7) is 8.43. The quantitative estimate of drug-likeness (QED) is 0.781. The van der Waals surface area contributed by atoms with E-state index in [0.29, 0.717) is 5.92 Å². The molecule has 0 aromatic heterocycles. The van der Waals surface area contributed by atoms with Gasteiger partial charge in [0.2, 0.25) is 5.91 Å². The highest BCUT2D eigenvalue weighted by atomic mass is 16.2. The molecule has 0 aromatic carbocycles. The van der Waals surface area contributed by atoms with Gasteiger partial charge in [-0.3, -0.25) is 4.79 Å². The molecule has 0 bridgehead atoms. The van der Waals surface area contributed by atoms with Crippen LogP contribution in [0, 0.1) is 17.8 Å². The lowest BCUT2D eigenvalue weighted by atomic mass is 9.83. The minimum absolute atomic E-state index is 0.242. The van der Waals surface area contributed by atoms with E-state index in [1.807, 2.05) is 4.90 Å². The fourth-order valence-corrected chi connectivity index (χ4v) is 3.74. The molecule has 1 unspecified atom stereocenters. The molecule has 1 amide bonds. The van der Waals surface area contributed by atoms with E-state index in [1.54, 1.807) is 6.92 Å². The Morgan fingerprint density at radius 2 is 1.74 bits per heavy atom. The second-order valence-corrected chi connectivity index (χ2v) is 6.97. The predicted molar refractivity (Wildman–Crippen MR) is 79.0 cm³/mol. The second kappa shape index (κ2) is 6.74. The van der Waals surface area contributed by atoms with E-state index < -0.39 is 0 Å². The van der Waals surface area contributed by atoms with Crippen molar-refractivity contribution in [2.24, 2.45) is 17.8 Å². The number of hydrogen-bond donors (Lipinski definition) is 0. The monoisotopic (exact) mass is 266 g/mol. The molecule has 2 fully saturated rings. The molecule has 1 saturated heterocycles. The summed E-state index contributed by atoms with van der Waals surface area (Å²) in [4.78, 5) is 15.8. The molecule has 0 radical (unpaired) electrons. The first kappa shape index (κ1) is 14.8. The normalized spacial score (nSPS) is 32.0. The molecule has 0 spiro atoms. The maximum Gasteiger partial charge on any atom is 0.219 e. The highest BCUT2D eigenvalue weighted by Crippen LogP contribution is 2.29. The van der Waals surface area contributed by atoms with Crippen LogP contribution in [-0.4, -0.2) is 48.9 Å². The summed E-state index contributed by atoms with van der Waals surface area (Å²) in [5.41, 5.74) is 0. The summed E-state index contributed by atoms with van der Waals surface area (Å²) in [5.74, 6) is 2.79. The van der Waals surface area contributed by atoms with Crippen molar-refractivity contribution in [3.8, 4) is 0 Å². The van der Waals surface area contributed by atoms with Gasteiger partial charge in [0.05, 0.1) is 0 Å². The standard InChI is InChI=1S/C16H30N2O/c1-13-4-6-15(7-5-13)10-17(3)11-16-8-9-18(12-16)14(2)19/h13,15-16H,4-12H2,1-3H3. The van der Waals surface area contributed by atoms with Crippen molar-refractivity contribution >= 4 is 5.91 Å². The third-order valence-corrected chi connectivity index (χ3v) is 5.01. The molecule has 1 aliphatic heterocycles. The Bertz CT molecular complexity index is 297. The van der Waals surface area contributed by atoms with E-state index in [0.717, 1.165) is 31.5 Å². The summed E-state index contributed by atoms with van der Waals surface area (Å²) in [6.07, 6.45) is 6.84. The van der Waals surface area contributed by atoms with E-state index in [2.05, 4.69) is 18.9 Å².